The van der Waals surface area contributed by atoms with E-state index in [1.807, 2.05) is 18.2 Å². The Bertz CT molecular complexity index is 1000. The van der Waals surface area contributed by atoms with Gasteiger partial charge in [-0.1, -0.05) is 42.2 Å². The van der Waals surface area contributed by atoms with E-state index < -0.39 is 5.97 Å². The van der Waals surface area contributed by atoms with E-state index in [9.17, 15) is 9.59 Å². The zero-order chi connectivity index (χ0) is 21.7. The van der Waals surface area contributed by atoms with Gasteiger partial charge in [-0.25, -0.2) is 4.79 Å². The molecule has 0 atom stereocenters. The van der Waals surface area contributed by atoms with Crippen molar-refractivity contribution in [2.24, 2.45) is 0 Å². The molecule has 0 saturated carbocycles. The van der Waals surface area contributed by atoms with Crippen molar-refractivity contribution in [3.63, 3.8) is 0 Å². The van der Waals surface area contributed by atoms with Crippen LogP contribution in [0.4, 0.5) is 0 Å². The van der Waals surface area contributed by atoms with Gasteiger partial charge in [0, 0.05) is 6.54 Å². The van der Waals surface area contributed by atoms with E-state index in [1.165, 1.54) is 18.9 Å². The van der Waals surface area contributed by atoms with Crippen molar-refractivity contribution in [2.75, 3.05) is 27.9 Å². The Morgan fingerprint density at radius 3 is 2.40 bits per heavy atom. The minimum atomic E-state index is -0.400. The predicted molar refractivity (Wildman–Crippen MR) is 121 cm³/mol. The van der Waals surface area contributed by atoms with Gasteiger partial charge >= 0.3 is 5.97 Å². The first-order valence-corrected chi connectivity index (χ1v) is 10.3. The van der Waals surface area contributed by atoms with Crippen LogP contribution in [0.2, 0.25) is 0 Å². The number of carbonyl (C=O) groups is 2. The minimum absolute atomic E-state index is 0.123. The van der Waals surface area contributed by atoms with Crippen molar-refractivity contribution in [1.29, 1.82) is 0 Å². The number of hydrogen-bond acceptors (Lipinski definition) is 7. The van der Waals surface area contributed by atoms with Gasteiger partial charge in [0.1, 0.15) is 4.32 Å². The first-order valence-electron chi connectivity index (χ1n) is 9.11. The number of benzene rings is 2. The van der Waals surface area contributed by atoms with E-state index in [0.29, 0.717) is 39.3 Å². The summed E-state index contributed by atoms with van der Waals surface area (Å²) in [6.07, 6.45) is 2.41. The van der Waals surface area contributed by atoms with Crippen LogP contribution in [0, 0.1) is 0 Å². The topological polar surface area (TPSA) is 65.1 Å². The Kier molecular flexibility index (Phi) is 7.12. The molecule has 2 aromatic carbocycles. The number of thiocarbonyl (C=S) groups is 1. The quantitative estimate of drug-likeness (QED) is 0.365. The third-order valence-electron chi connectivity index (χ3n) is 4.58. The lowest BCUT2D eigenvalue weighted by Crippen LogP contribution is -2.30. The van der Waals surface area contributed by atoms with Crippen LogP contribution >= 0.6 is 24.0 Å². The third kappa shape index (κ3) is 4.83. The van der Waals surface area contributed by atoms with Crippen molar-refractivity contribution in [3.05, 3.63) is 64.1 Å². The normalized spacial score (nSPS) is 14.9. The number of rotatable bonds is 7. The van der Waals surface area contributed by atoms with Crippen LogP contribution < -0.4 is 9.47 Å². The third-order valence-corrected chi connectivity index (χ3v) is 5.95. The van der Waals surface area contributed by atoms with E-state index in [-0.39, 0.29) is 5.91 Å². The van der Waals surface area contributed by atoms with Gasteiger partial charge in [-0.15, -0.1) is 0 Å². The highest BCUT2D eigenvalue weighted by atomic mass is 32.2. The number of thioether (sulfide) groups is 1. The summed E-state index contributed by atoms with van der Waals surface area (Å²) in [5.74, 6) is 0.786. The largest absolute Gasteiger partial charge is 0.493 e. The number of methoxy groups -OCH3 is 3. The zero-order valence-electron chi connectivity index (χ0n) is 16.8. The number of ether oxygens (including phenoxy) is 3. The molecule has 1 heterocycles. The lowest BCUT2D eigenvalue weighted by Gasteiger charge is -2.15. The van der Waals surface area contributed by atoms with Crippen LogP contribution in [0.15, 0.2) is 47.4 Å². The van der Waals surface area contributed by atoms with Crippen LogP contribution in [0.5, 0.6) is 11.5 Å². The lowest BCUT2D eigenvalue weighted by molar-refractivity contribution is -0.122. The number of nitrogens with zero attached hydrogens (tertiary/aromatic N) is 1. The van der Waals surface area contributed by atoms with Crippen molar-refractivity contribution < 1.29 is 23.8 Å². The molecule has 30 heavy (non-hydrogen) atoms. The van der Waals surface area contributed by atoms with Gasteiger partial charge in [0.2, 0.25) is 0 Å². The summed E-state index contributed by atoms with van der Waals surface area (Å²) in [6, 6.07) is 12.5. The molecule has 2 aromatic rings. The molecule has 1 aliphatic rings. The summed E-state index contributed by atoms with van der Waals surface area (Å²) in [6.45, 7) is 0.471. The Morgan fingerprint density at radius 2 is 1.77 bits per heavy atom. The fraction of sp³-hybridized carbons (Fsp3) is 0.227. The first kappa shape index (κ1) is 21.9. The smallest absolute Gasteiger partial charge is 0.337 e. The summed E-state index contributed by atoms with van der Waals surface area (Å²) in [5.41, 5.74) is 2.28. The molecule has 1 saturated heterocycles. The van der Waals surface area contributed by atoms with E-state index >= 15 is 0 Å². The molecule has 0 bridgehead atoms. The fourth-order valence-electron chi connectivity index (χ4n) is 2.95. The molecule has 0 aromatic heterocycles. The Morgan fingerprint density at radius 1 is 1.07 bits per heavy atom. The molecule has 6 nitrogen and oxygen atoms in total. The van der Waals surface area contributed by atoms with Crippen molar-refractivity contribution >= 4 is 46.3 Å². The molecule has 3 rings (SSSR count). The average Bonchev–Trinajstić information content (AvgIpc) is 3.04. The van der Waals surface area contributed by atoms with Gasteiger partial charge in [-0.2, -0.15) is 0 Å². The Hall–Kier alpha value is -2.84. The number of esters is 1. The summed E-state index contributed by atoms with van der Waals surface area (Å²) in [5, 5.41) is 0. The van der Waals surface area contributed by atoms with Gasteiger partial charge < -0.3 is 14.2 Å². The second kappa shape index (κ2) is 9.77. The van der Waals surface area contributed by atoms with E-state index in [4.69, 9.17) is 26.4 Å². The van der Waals surface area contributed by atoms with Crippen molar-refractivity contribution in [3.8, 4) is 11.5 Å². The second-order valence-corrected chi connectivity index (χ2v) is 8.06. The summed E-state index contributed by atoms with van der Waals surface area (Å²) in [7, 11) is 4.52. The Labute approximate surface area is 184 Å². The average molecular weight is 444 g/mol. The Balaban J connectivity index is 1.69. The van der Waals surface area contributed by atoms with Crippen molar-refractivity contribution in [1.82, 2.24) is 4.90 Å². The highest BCUT2D eigenvalue weighted by molar-refractivity contribution is 8.26. The molecule has 0 radical (unpaired) electrons. The maximum Gasteiger partial charge on any atom is 0.337 e. The monoisotopic (exact) mass is 443 g/mol. The molecule has 1 amide bonds. The molecule has 1 fully saturated rings. The highest BCUT2D eigenvalue weighted by Gasteiger charge is 2.31. The highest BCUT2D eigenvalue weighted by Crippen LogP contribution is 2.33. The van der Waals surface area contributed by atoms with Crippen LogP contribution in [-0.4, -0.2) is 49.0 Å². The van der Waals surface area contributed by atoms with Gasteiger partial charge in [-0.3, -0.25) is 9.69 Å². The van der Waals surface area contributed by atoms with Gasteiger partial charge in [0.05, 0.1) is 31.8 Å². The summed E-state index contributed by atoms with van der Waals surface area (Å²) in [4.78, 5) is 26.5. The SMILES string of the molecule is COC(=O)c1ccc(/C=C2\SC(=S)N(CCc3ccc(OC)c(OC)c3)C2=O)cc1. The fourth-order valence-corrected chi connectivity index (χ4v) is 4.26. The van der Waals surface area contributed by atoms with E-state index in [1.54, 1.807) is 49.5 Å². The van der Waals surface area contributed by atoms with Gasteiger partial charge in [0.25, 0.3) is 5.91 Å². The van der Waals surface area contributed by atoms with E-state index in [2.05, 4.69) is 0 Å². The second-order valence-electron chi connectivity index (χ2n) is 6.39. The molecule has 8 heteroatoms. The summed E-state index contributed by atoms with van der Waals surface area (Å²) >= 11 is 6.68. The van der Waals surface area contributed by atoms with Crippen LogP contribution in [0.25, 0.3) is 6.08 Å². The molecule has 1 aliphatic heterocycles. The number of amides is 1. The van der Waals surface area contributed by atoms with Crippen LogP contribution in [0.1, 0.15) is 21.5 Å². The maximum atomic E-state index is 12.8. The van der Waals surface area contributed by atoms with Gasteiger partial charge in [0.15, 0.2) is 11.5 Å². The van der Waals surface area contributed by atoms with Crippen LogP contribution in [0.3, 0.4) is 0 Å². The predicted octanol–water partition coefficient (Wildman–Crippen LogP) is 3.93. The molecule has 0 aliphatic carbocycles. The lowest BCUT2D eigenvalue weighted by atomic mass is 10.1. The molecular formula is C22H21NO5S2. The standard InChI is InChI=1S/C22H21NO5S2/c1-26-17-9-6-15(12-18(17)27-2)10-11-23-20(24)19(30-22(23)29)13-14-4-7-16(8-5-14)21(25)28-3/h4-9,12-13H,10-11H2,1-3H3/b19-13-. The summed E-state index contributed by atoms with van der Waals surface area (Å²) < 4.78 is 15.8. The van der Waals surface area contributed by atoms with Crippen molar-refractivity contribution in [2.45, 2.75) is 6.42 Å². The molecule has 0 N–H and O–H groups in total. The number of hydrogen-bond donors (Lipinski definition) is 0. The molecule has 156 valence electrons. The van der Waals surface area contributed by atoms with E-state index in [0.717, 1.165) is 11.1 Å². The van der Waals surface area contributed by atoms with Crippen LogP contribution in [-0.2, 0) is 16.0 Å². The zero-order valence-corrected chi connectivity index (χ0v) is 18.5. The molecule has 0 unspecified atom stereocenters. The first-order chi connectivity index (χ1) is 14.5. The number of carbonyl (C=O) groups excluding carboxylic acids is 2. The minimum Gasteiger partial charge on any atom is -0.493 e. The molecule has 0 spiro atoms. The maximum absolute atomic E-state index is 12.8. The van der Waals surface area contributed by atoms with Gasteiger partial charge in [-0.05, 0) is 47.9 Å². The molecular weight excluding hydrogens is 422 g/mol.